The van der Waals surface area contributed by atoms with Crippen LogP contribution >= 0.6 is 0 Å². The van der Waals surface area contributed by atoms with Gasteiger partial charge in [-0.05, 0) is 149 Å². The van der Waals surface area contributed by atoms with Gasteiger partial charge < -0.3 is 9.47 Å². The molecule has 0 aliphatic rings. The monoisotopic (exact) mass is 592 g/mol. The number of nitrogens with zero attached hydrogens (tertiary/aromatic N) is 2. The molecule has 44 heavy (non-hydrogen) atoms. The van der Waals surface area contributed by atoms with Gasteiger partial charge in [-0.3, -0.25) is 9.55 Å². The first-order chi connectivity index (χ1) is 21.0. The van der Waals surface area contributed by atoms with Gasteiger partial charge in [-0.15, -0.1) is 6.58 Å². The van der Waals surface area contributed by atoms with E-state index in [1.54, 1.807) is 6.20 Å². The van der Waals surface area contributed by atoms with Crippen molar-refractivity contribution < 1.29 is 14.3 Å². The van der Waals surface area contributed by atoms with Crippen molar-refractivity contribution in [3.63, 3.8) is 0 Å². The highest BCUT2D eigenvalue weighted by molar-refractivity contribution is 5.84. The molecule has 0 unspecified atom stereocenters. The minimum atomic E-state index is -0.586. The van der Waals surface area contributed by atoms with Crippen molar-refractivity contribution in [1.29, 1.82) is 0 Å². The molecule has 5 nitrogen and oxygen atoms in total. The van der Waals surface area contributed by atoms with Crippen LogP contribution in [0.15, 0.2) is 73.6 Å². The predicted molar refractivity (Wildman–Crippen MR) is 183 cm³/mol. The summed E-state index contributed by atoms with van der Waals surface area (Å²) in [5, 5.41) is 0. The number of benzene rings is 2. The lowest BCUT2D eigenvalue weighted by Gasteiger charge is -2.22. The largest absolute Gasteiger partial charge is 0.494 e. The van der Waals surface area contributed by atoms with Gasteiger partial charge in [0.25, 0.3) is 0 Å². The molecule has 0 aliphatic carbocycles. The van der Waals surface area contributed by atoms with Crippen LogP contribution in [-0.2, 0) is 4.74 Å². The topological polar surface area (TPSA) is 53.4 Å². The van der Waals surface area contributed by atoms with E-state index in [1.165, 1.54) is 69.2 Å². The van der Waals surface area contributed by atoms with Gasteiger partial charge in [0.15, 0.2) is 0 Å². The Labute approximate surface area is 264 Å². The summed E-state index contributed by atoms with van der Waals surface area (Å²) < 4.78 is 13.2. The Morgan fingerprint density at radius 2 is 1.45 bits per heavy atom. The molecule has 0 N–H and O–H groups in total. The number of aromatic nitrogens is 2. The molecule has 0 atom stereocenters. The quantitative estimate of drug-likeness (QED) is 0.121. The van der Waals surface area contributed by atoms with E-state index in [4.69, 9.17) is 9.47 Å². The van der Waals surface area contributed by atoms with E-state index in [2.05, 4.69) is 69.6 Å². The highest BCUT2D eigenvalue weighted by Gasteiger charge is 2.22. The average Bonchev–Trinajstić information content (AvgIpc) is 3.48. The van der Waals surface area contributed by atoms with Crippen LogP contribution in [0.4, 0.5) is 4.79 Å². The average molecular weight is 593 g/mol. The van der Waals surface area contributed by atoms with E-state index in [-0.39, 0.29) is 0 Å². The summed E-state index contributed by atoms with van der Waals surface area (Å²) in [5.41, 5.74) is 10.5. The second-order valence-electron chi connectivity index (χ2n) is 12.6. The summed E-state index contributed by atoms with van der Waals surface area (Å²) in [7, 11) is 0. The number of hydrogen-bond acceptors (Lipinski definition) is 4. The third-order valence-electron chi connectivity index (χ3n) is 8.24. The van der Waals surface area contributed by atoms with Gasteiger partial charge in [-0.1, -0.05) is 37.5 Å². The summed E-state index contributed by atoms with van der Waals surface area (Å²) in [6.45, 7) is 18.9. The molecule has 0 aliphatic heterocycles. The van der Waals surface area contributed by atoms with Gasteiger partial charge in [0, 0.05) is 12.4 Å². The van der Waals surface area contributed by atoms with E-state index in [0.29, 0.717) is 5.69 Å². The van der Waals surface area contributed by atoms with Gasteiger partial charge >= 0.3 is 6.09 Å². The van der Waals surface area contributed by atoms with Crippen LogP contribution in [0.25, 0.3) is 33.6 Å². The molecule has 0 bridgehead atoms. The molecule has 2 heterocycles. The highest BCUT2D eigenvalue weighted by Crippen LogP contribution is 2.40. The molecule has 0 spiro atoms. The van der Waals surface area contributed by atoms with Crippen molar-refractivity contribution in [1.82, 2.24) is 9.55 Å². The van der Waals surface area contributed by atoms with Crippen molar-refractivity contribution in [3.8, 4) is 39.4 Å². The minimum Gasteiger partial charge on any atom is -0.494 e. The van der Waals surface area contributed by atoms with E-state index < -0.39 is 11.7 Å². The Kier molecular flexibility index (Phi) is 10.9. The first kappa shape index (κ1) is 32.8. The van der Waals surface area contributed by atoms with Crippen molar-refractivity contribution in [3.05, 3.63) is 95.8 Å². The van der Waals surface area contributed by atoms with E-state index in [0.717, 1.165) is 36.5 Å². The van der Waals surface area contributed by atoms with Crippen LogP contribution in [0, 0.1) is 27.7 Å². The number of pyridine rings is 1. The van der Waals surface area contributed by atoms with Crippen LogP contribution in [0.2, 0.25) is 0 Å². The maximum absolute atomic E-state index is 12.9. The third kappa shape index (κ3) is 7.88. The fourth-order valence-corrected chi connectivity index (χ4v) is 5.79. The van der Waals surface area contributed by atoms with Gasteiger partial charge in [0.1, 0.15) is 11.4 Å². The second-order valence-corrected chi connectivity index (χ2v) is 12.6. The molecule has 0 amide bonds. The van der Waals surface area contributed by atoms with E-state index >= 15 is 0 Å². The normalized spacial score (nSPS) is 11.4. The van der Waals surface area contributed by atoms with Crippen LogP contribution in [-0.4, -0.2) is 27.9 Å². The molecule has 0 fully saturated rings. The van der Waals surface area contributed by atoms with Crippen LogP contribution in [0.1, 0.15) is 81.5 Å². The van der Waals surface area contributed by atoms with Gasteiger partial charge in [-0.25, -0.2) is 4.79 Å². The zero-order valence-corrected chi connectivity index (χ0v) is 27.6. The van der Waals surface area contributed by atoms with E-state index in [1.807, 2.05) is 51.2 Å². The summed E-state index contributed by atoms with van der Waals surface area (Å²) >= 11 is 0. The predicted octanol–water partition coefficient (Wildman–Crippen LogP) is 10.8. The summed E-state index contributed by atoms with van der Waals surface area (Å²) in [6.07, 6.45) is 12.3. The molecule has 4 rings (SSSR count). The number of unbranched alkanes of at least 4 members (excludes halogenated alkanes) is 5. The van der Waals surface area contributed by atoms with Gasteiger partial charge in [0.2, 0.25) is 0 Å². The standard InChI is InChI=1S/C39H48N2O3/c1-9-10-11-12-13-14-15-25-43-33-20-18-31(19-21-33)36-27(2)29(4)37(30(5)28(36)3)32-22-23-40-34(26-32)35-17-16-24-41(35)38(42)44-39(6,7)8/h9,16-24,26H,1,10-15,25H2,2-8H3. The Balaban J connectivity index is 1.54. The molecule has 5 heteroatoms. The number of rotatable bonds is 12. The minimum absolute atomic E-state index is 0.417. The molecular formula is C39H48N2O3. The summed E-state index contributed by atoms with van der Waals surface area (Å²) in [6, 6.07) is 16.4. The lowest BCUT2D eigenvalue weighted by atomic mass is 9.83. The van der Waals surface area contributed by atoms with Crippen molar-refractivity contribution in [2.24, 2.45) is 0 Å². The SMILES string of the molecule is C=CCCCCCCCOc1ccc(-c2c(C)c(C)c(-c3ccnc(-c4cccn4C(=O)OC(C)(C)C)c3)c(C)c2C)cc1. The number of carbonyl (C=O) groups is 1. The highest BCUT2D eigenvalue weighted by atomic mass is 16.6. The maximum Gasteiger partial charge on any atom is 0.419 e. The number of allylic oxidation sites excluding steroid dienone is 1. The fraction of sp³-hybridized carbons (Fsp3) is 0.385. The van der Waals surface area contributed by atoms with Crippen LogP contribution in [0.3, 0.4) is 0 Å². The lowest BCUT2D eigenvalue weighted by Crippen LogP contribution is -2.27. The first-order valence-electron chi connectivity index (χ1n) is 15.8. The van der Waals surface area contributed by atoms with Gasteiger partial charge in [-0.2, -0.15) is 0 Å². The zero-order chi connectivity index (χ0) is 31.9. The summed E-state index contributed by atoms with van der Waals surface area (Å²) in [4.78, 5) is 17.5. The maximum atomic E-state index is 12.9. The molecule has 232 valence electrons. The zero-order valence-electron chi connectivity index (χ0n) is 27.6. The first-order valence-corrected chi connectivity index (χ1v) is 15.8. The molecule has 0 saturated heterocycles. The Hall–Kier alpha value is -4.12. The smallest absolute Gasteiger partial charge is 0.419 e. The molecule has 2 aromatic heterocycles. The fourth-order valence-electron chi connectivity index (χ4n) is 5.79. The molecule has 0 radical (unpaired) electrons. The Morgan fingerprint density at radius 3 is 2.09 bits per heavy atom. The van der Waals surface area contributed by atoms with Crippen LogP contribution in [0.5, 0.6) is 5.75 Å². The number of carbonyl (C=O) groups excluding carboxylic acids is 1. The van der Waals surface area contributed by atoms with Crippen molar-refractivity contribution in [2.75, 3.05) is 6.61 Å². The Bertz CT molecular complexity index is 1560. The van der Waals surface area contributed by atoms with Crippen molar-refractivity contribution >= 4 is 6.09 Å². The van der Waals surface area contributed by atoms with Gasteiger partial charge in [0.05, 0.1) is 18.0 Å². The lowest BCUT2D eigenvalue weighted by molar-refractivity contribution is 0.0540. The molecule has 2 aromatic carbocycles. The number of ether oxygens (including phenoxy) is 2. The Morgan fingerprint density at radius 1 is 0.841 bits per heavy atom. The number of hydrogen-bond donors (Lipinski definition) is 0. The molecule has 4 aromatic rings. The van der Waals surface area contributed by atoms with Crippen LogP contribution < -0.4 is 4.74 Å². The summed E-state index contributed by atoms with van der Waals surface area (Å²) in [5.74, 6) is 0.918. The third-order valence-corrected chi connectivity index (χ3v) is 8.24. The van der Waals surface area contributed by atoms with E-state index in [9.17, 15) is 4.79 Å². The molecular weight excluding hydrogens is 544 g/mol. The second kappa shape index (κ2) is 14.6. The van der Waals surface area contributed by atoms with Crippen molar-refractivity contribution in [2.45, 2.75) is 92.6 Å². The molecule has 0 saturated carbocycles.